The van der Waals surface area contributed by atoms with E-state index in [1.165, 1.54) is 0 Å². The summed E-state index contributed by atoms with van der Waals surface area (Å²) >= 11 is 10.7. The van der Waals surface area contributed by atoms with Crippen LogP contribution in [0.1, 0.15) is 26.7 Å². The minimum Gasteiger partial charge on any atom is -0.359 e. The van der Waals surface area contributed by atoms with Gasteiger partial charge in [-0.25, -0.2) is 0 Å². The molecule has 0 saturated carbocycles. The number of carbonyl (C=O) groups is 2. The van der Waals surface area contributed by atoms with Crippen molar-refractivity contribution in [3.8, 4) is 0 Å². The van der Waals surface area contributed by atoms with Crippen molar-refractivity contribution in [3.63, 3.8) is 0 Å². The standard InChI is InChI=1S/C7H15NOS.C3H6ClNO.C2H6S/c1-3-10-6-4-5-7(9)8-2;1-5-3(6)2-4;1-2-3/h3-6H2,1-2H3,(H,8,9);2H2,1H3,(H,5,6);3H,2H2,1H3. The third kappa shape index (κ3) is 32.0. The molecule has 2 N–H and O–H groups in total. The van der Waals surface area contributed by atoms with Crippen molar-refractivity contribution in [1.29, 1.82) is 0 Å². The summed E-state index contributed by atoms with van der Waals surface area (Å²) in [6.45, 7) is 4.12. The molecule has 0 radical (unpaired) electrons. The van der Waals surface area contributed by atoms with Gasteiger partial charge in [0.1, 0.15) is 5.88 Å². The molecule has 0 unspecified atom stereocenters. The predicted octanol–water partition coefficient (Wildman–Crippen LogP) is 2.17. The molecule has 0 aliphatic rings. The maximum absolute atomic E-state index is 10.7. The number of thioether (sulfide) groups is 1. The molecule has 0 aromatic rings. The fourth-order valence-electron chi connectivity index (χ4n) is 0.671. The fraction of sp³-hybridized carbons (Fsp3) is 0.833. The molecule has 0 aliphatic carbocycles. The van der Waals surface area contributed by atoms with E-state index >= 15 is 0 Å². The Morgan fingerprint density at radius 1 is 1.16 bits per heavy atom. The Balaban J connectivity index is -0.000000242. The van der Waals surface area contributed by atoms with Crippen LogP contribution in [0.5, 0.6) is 0 Å². The normalized spacial score (nSPS) is 8.32. The van der Waals surface area contributed by atoms with Crippen LogP contribution in [0.2, 0.25) is 0 Å². The average Bonchev–Trinajstić information content (AvgIpc) is 2.44. The number of amides is 2. The zero-order chi connectivity index (χ0) is 15.5. The van der Waals surface area contributed by atoms with E-state index in [-0.39, 0.29) is 17.7 Å². The van der Waals surface area contributed by atoms with E-state index in [1.807, 2.05) is 18.7 Å². The molecule has 0 aliphatic heterocycles. The lowest BCUT2D eigenvalue weighted by atomic mass is 10.3. The lowest BCUT2D eigenvalue weighted by molar-refractivity contribution is -0.120. The van der Waals surface area contributed by atoms with Crippen LogP contribution >= 0.6 is 36.0 Å². The van der Waals surface area contributed by atoms with E-state index in [0.717, 1.165) is 23.7 Å². The van der Waals surface area contributed by atoms with Crippen molar-refractivity contribution in [1.82, 2.24) is 10.6 Å². The van der Waals surface area contributed by atoms with Crippen molar-refractivity contribution in [2.45, 2.75) is 26.7 Å². The molecule has 0 atom stereocenters. The third-order valence-electron chi connectivity index (χ3n) is 1.58. The van der Waals surface area contributed by atoms with Gasteiger partial charge in [-0.05, 0) is 23.7 Å². The van der Waals surface area contributed by atoms with Gasteiger partial charge < -0.3 is 10.6 Å². The van der Waals surface area contributed by atoms with E-state index in [2.05, 4.69) is 30.2 Å². The molecule has 0 saturated heterocycles. The van der Waals surface area contributed by atoms with Crippen LogP contribution < -0.4 is 10.6 Å². The maximum atomic E-state index is 10.7. The molecule has 0 spiro atoms. The molecule has 0 aromatic heterocycles. The van der Waals surface area contributed by atoms with Gasteiger partial charge in [0, 0.05) is 20.5 Å². The van der Waals surface area contributed by atoms with Gasteiger partial charge in [0.25, 0.3) is 0 Å². The summed E-state index contributed by atoms with van der Waals surface area (Å²) in [6.07, 6.45) is 1.67. The highest BCUT2D eigenvalue weighted by molar-refractivity contribution is 7.99. The van der Waals surface area contributed by atoms with Crippen molar-refractivity contribution in [2.75, 3.05) is 37.2 Å². The number of halogens is 1. The summed E-state index contributed by atoms with van der Waals surface area (Å²) < 4.78 is 0. The zero-order valence-corrected chi connectivity index (χ0v) is 14.8. The minimum atomic E-state index is -0.142. The molecule has 0 fully saturated rings. The molecular formula is C12H27ClN2O2S2. The van der Waals surface area contributed by atoms with Gasteiger partial charge in [0.05, 0.1) is 0 Å². The monoisotopic (exact) mass is 330 g/mol. The first-order valence-corrected chi connectivity index (χ1v) is 8.51. The Morgan fingerprint density at radius 3 is 1.89 bits per heavy atom. The first-order chi connectivity index (χ1) is 9.03. The average molecular weight is 331 g/mol. The lowest BCUT2D eigenvalue weighted by Crippen LogP contribution is -2.18. The summed E-state index contributed by atoms with van der Waals surface area (Å²) in [5.41, 5.74) is 0. The van der Waals surface area contributed by atoms with Crippen LogP contribution in [-0.2, 0) is 9.59 Å². The zero-order valence-electron chi connectivity index (χ0n) is 12.3. The third-order valence-corrected chi connectivity index (χ3v) is 2.80. The van der Waals surface area contributed by atoms with Crippen LogP contribution in [0.25, 0.3) is 0 Å². The van der Waals surface area contributed by atoms with Crippen molar-refractivity contribution in [3.05, 3.63) is 0 Å². The molecule has 0 heterocycles. The molecule has 0 rings (SSSR count). The summed E-state index contributed by atoms with van der Waals surface area (Å²) in [5.74, 6) is 3.25. The van der Waals surface area contributed by atoms with E-state index in [0.29, 0.717) is 6.42 Å². The Bertz CT molecular complexity index is 202. The second-order valence-electron chi connectivity index (χ2n) is 3.10. The quantitative estimate of drug-likeness (QED) is 0.397. The molecule has 2 amide bonds. The molecule has 7 heteroatoms. The van der Waals surface area contributed by atoms with Crippen molar-refractivity contribution < 1.29 is 9.59 Å². The summed E-state index contributed by atoms with van der Waals surface area (Å²) in [5, 5.41) is 4.94. The SMILES string of the molecule is CCS.CCSCCCC(=O)NC.CNC(=O)CCl. The molecule has 0 aromatic carbocycles. The smallest absolute Gasteiger partial charge is 0.234 e. The largest absolute Gasteiger partial charge is 0.359 e. The van der Waals surface area contributed by atoms with E-state index in [4.69, 9.17) is 11.6 Å². The topological polar surface area (TPSA) is 58.2 Å². The highest BCUT2D eigenvalue weighted by Gasteiger charge is 1.95. The highest BCUT2D eigenvalue weighted by Crippen LogP contribution is 2.02. The summed E-state index contributed by atoms with van der Waals surface area (Å²) in [7, 11) is 3.22. The second kappa shape index (κ2) is 23.1. The fourth-order valence-corrected chi connectivity index (χ4v) is 1.44. The Hall–Kier alpha value is -0.0700. The van der Waals surface area contributed by atoms with Gasteiger partial charge in [-0.2, -0.15) is 24.4 Å². The van der Waals surface area contributed by atoms with Crippen LogP contribution in [0.3, 0.4) is 0 Å². The maximum Gasteiger partial charge on any atom is 0.234 e. The summed E-state index contributed by atoms with van der Waals surface area (Å²) in [6, 6.07) is 0. The molecule has 4 nitrogen and oxygen atoms in total. The van der Waals surface area contributed by atoms with Crippen molar-refractivity contribution >= 4 is 47.8 Å². The number of carbonyl (C=O) groups excluding carboxylic acids is 2. The molecule has 116 valence electrons. The number of rotatable bonds is 6. The summed E-state index contributed by atoms with van der Waals surface area (Å²) in [4.78, 5) is 20.6. The molecule has 19 heavy (non-hydrogen) atoms. The van der Waals surface area contributed by atoms with E-state index < -0.39 is 0 Å². The molecular weight excluding hydrogens is 304 g/mol. The second-order valence-corrected chi connectivity index (χ2v) is 5.39. The minimum absolute atomic E-state index is 0.0521. The lowest BCUT2D eigenvalue weighted by Gasteiger charge is -1.97. The van der Waals surface area contributed by atoms with E-state index in [9.17, 15) is 9.59 Å². The Labute approximate surface area is 132 Å². The van der Waals surface area contributed by atoms with Gasteiger partial charge in [-0.3, -0.25) is 9.59 Å². The van der Waals surface area contributed by atoms with Gasteiger partial charge in [-0.1, -0.05) is 13.8 Å². The van der Waals surface area contributed by atoms with Crippen LogP contribution in [0, 0.1) is 0 Å². The van der Waals surface area contributed by atoms with Gasteiger partial charge in [0.2, 0.25) is 11.8 Å². The van der Waals surface area contributed by atoms with Gasteiger partial charge in [0.15, 0.2) is 0 Å². The number of alkyl halides is 1. The number of nitrogens with one attached hydrogen (secondary N) is 2. The Morgan fingerprint density at radius 2 is 1.63 bits per heavy atom. The van der Waals surface area contributed by atoms with Crippen LogP contribution in [-0.4, -0.2) is 49.0 Å². The highest BCUT2D eigenvalue weighted by atomic mass is 35.5. The van der Waals surface area contributed by atoms with Gasteiger partial charge >= 0.3 is 0 Å². The number of hydrogen-bond acceptors (Lipinski definition) is 4. The Kier molecular flexibility index (Phi) is 29.1. The first kappa shape index (κ1) is 24.0. The van der Waals surface area contributed by atoms with E-state index in [1.54, 1.807) is 14.1 Å². The first-order valence-electron chi connectivity index (χ1n) is 6.19. The van der Waals surface area contributed by atoms with Crippen LogP contribution in [0.4, 0.5) is 0 Å². The van der Waals surface area contributed by atoms with Crippen LogP contribution in [0.15, 0.2) is 0 Å². The number of hydrogen-bond donors (Lipinski definition) is 3. The van der Waals surface area contributed by atoms with Crippen molar-refractivity contribution in [2.24, 2.45) is 0 Å². The number of thiol groups is 1. The van der Waals surface area contributed by atoms with Gasteiger partial charge in [-0.15, -0.1) is 11.6 Å². The molecule has 0 bridgehead atoms. The predicted molar refractivity (Wildman–Crippen MR) is 90.6 cm³/mol.